The first kappa shape index (κ1) is 21.8. The lowest BCUT2D eigenvalue weighted by molar-refractivity contribution is -0.120. The quantitative estimate of drug-likeness (QED) is 0.383. The van der Waals surface area contributed by atoms with Crippen LogP contribution >= 0.6 is 0 Å². The van der Waals surface area contributed by atoms with E-state index in [0.717, 1.165) is 50.3 Å². The Hall–Kier alpha value is -4.05. The molecule has 1 amide bonds. The van der Waals surface area contributed by atoms with Crippen molar-refractivity contribution in [1.29, 1.82) is 0 Å². The van der Waals surface area contributed by atoms with Gasteiger partial charge < -0.3 is 10.2 Å². The predicted octanol–water partition coefficient (Wildman–Crippen LogP) is 6.34. The highest BCUT2D eigenvalue weighted by Gasteiger charge is 2.56. The number of aromatic hydroxyl groups is 2. The number of phenolic OH excluding ortho intramolecular Hbond substituents is 2. The zero-order chi connectivity index (χ0) is 24.2. The molecule has 0 aliphatic carbocycles. The molecule has 5 rings (SSSR count). The summed E-state index contributed by atoms with van der Waals surface area (Å²) >= 11 is 0. The topological polar surface area (TPSA) is 60.8 Å². The molecule has 0 aromatic heterocycles. The number of hydrogen-bond acceptors (Lipinski definition) is 3. The smallest absolute Gasteiger partial charge is 0.251 e. The van der Waals surface area contributed by atoms with E-state index >= 15 is 0 Å². The van der Waals surface area contributed by atoms with E-state index in [1.165, 1.54) is 0 Å². The van der Waals surface area contributed by atoms with Crippen molar-refractivity contribution in [2.75, 3.05) is 4.90 Å². The van der Waals surface area contributed by atoms with Crippen LogP contribution in [0.3, 0.4) is 0 Å². The number of amides is 1. The largest absolute Gasteiger partial charge is 0.508 e. The summed E-state index contributed by atoms with van der Waals surface area (Å²) in [5.74, 6) is 0.270. The van der Waals surface area contributed by atoms with E-state index in [2.05, 4.69) is 0 Å². The zero-order valence-electron chi connectivity index (χ0n) is 19.8. The van der Waals surface area contributed by atoms with Gasteiger partial charge in [-0.25, -0.2) is 0 Å². The van der Waals surface area contributed by atoms with Crippen LogP contribution in [0.5, 0.6) is 11.5 Å². The molecule has 4 aromatic carbocycles. The Morgan fingerprint density at radius 3 is 1.59 bits per heavy atom. The third-order valence-electron chi connectivity index (χ3n) is 6.87. The number of rotatable bonds is 3. The Labute approximate surface area is 199 Å². The van der Waals surface area contributed by atoms with E-state index in [4.69, 9.17) is 0 Å². The molecule has 0 fully saturated rings. The van der Waals surface area contributed by atoms with Gasteiger partial charge in [0.15, 0.2) is 0 Å². The minimum absolute atomic E-state index is 0.0753. The normalized spacial score (nSPS) is 14.4. The Balaban J connectivity index is 1.98. The van der Waals surface area contributed by atoms with Crippen LogP contribution in [0.2, 0.25) is 0 Å². The van der Waals surface area contributed by atoms with Gasteiger partial charge in [0, 0.05) is 11.3 Å². The van der Waals surface area contributed by atoms with Crippen molar-refractivity contribution in [1.82, 2.24) is 0 Å². The van der Waals surface area contributed by atoms with Crippen LogP contribution in [-0.2, 0) is 10.2 Å². The molecule has 2 N–H and O–H groups in total. The van der Waals surface area contributed by atoms with Gasteiger partial charge in [0.25, 0.3) is 5.91 Å². The van der Waals surface area contributed by atoms with E-state index in [1.54, 1.807) is 29.2 Å². The van der Waals surface area contributed by atoms with Crippen molar-refractivity contribution < 1.29 is 15.0 Å². The molecule has 4 aromatic rings. The molecule has 1 aliphatic rings. The van der Waals surface area contributed by atoms with Gasteiger partial charge in [0.2, 0.25) is 0 Å². The number of carbonyl (C=O) groups excluding carboxylic acids is 1. The van der Waals surface area contributed by atoms with Gasteiger partial charge in [0.1, 0.15) is 16.9 Å². The van der Waals surface area contributed by atoms with E-state index in [0.29, 0.717) is 0 Å². The van der Waals surface area contributed by atoms with E-state index < -0.39 is 5.41 Å². The Morgan fingerprint density at radius 2 is 1.09 bits per heavy atom. The van der Waals surface area contributed by atoms with Crippen molar-refractivity contribution in [3.63, 3.8) is 0 Å². The van der Waals surface area contributed by atoms with Crippen LogP contribution < -0.4 is 4.90 Å². The highest BCUT2D eigenvalue weighted by molar-refractivity contribution is 6.17. The lowest BCUT2D eigenvalue weighted by Gasteiger charge is -2.35. The van der Waals surface area contributed by atoms with Crippen LogP contribution in [0, 0.1) is 27.7 Å². The number of carbonyl (C=O) groups is 1. The lowest BCUT2D eigenvalue weighted by Crippen LogP contribution is -2.42. The number of aryl methyl sites for hydroxylation is 4. The number of hydrogen-bond donors (Lipinski definition) is 2. The first-order valence-corrected chi connectivity index (χ1v) is 11.4. The van der Waals surface area contributed by atoms with Crippen molar-refractivity contribution in [2.24, 2.45) is 0 Å². The molecule has 0 saturated heterocycles. The summed E-state index contributed by atoms with van der Waals surface area (Å²) in [4.78, 5) is 16.7. The van der Waals surface area contributed by atoms with Crippen molar-refractivity contribution in [2.45, 2.75) is 33.1 Å². The summed E-state index contributed by atoms with van der Waals surface area (Å²) in [6.07, 6.45) is 0. The third kappa shape index (κ3) is 2.95. The number of nitrogens with zero attached hydrogens (tertiary/aromatic N) is 1. The highest BCUT2D eigenvalue weighted by atomic mass is 16.3. The average molecular weight is 450 g/mol. The van der Waals surface area contributed by atoms with Gasteiger partial charge in [0.05, 0.1) is 5.69 Å². The number of phenols is 2. The lowest BCUT2D eigenvalue weighted by atomic mass is 9.65. The van der Waals surface area contributed by atoms with E-state index in [9.17, 15) is 15.0 Å². The maximum atomic E-state index is 14.9. The average Bonchev–Trinajstić information content (AvgIpc) is 3.02. The maximum absolute atomic E-state index is 14.9. The Morgan fingerprint density at radius 1 is 0.647 bits per heavy atom. The predicted molar refractivity (Wildman–Crippen MR) is 135 cm³/mol. The van der Waals surface area contributed by atoms with Gasteiger partial charge >= 0.3 is 0 Å². The maximum Gasteiger partial charge on any atom is 0.251 e. The van der Waals surface area contributed by atoms with Gasteiger partial charge in [-0.3, -0.25) is 9.69 Å². The number of para-hydroxylation sites is 2. The summed E-state index contributed by atoms with van der Waals surface area (Å²) in [6.45, 7) is 7.76. The second-order valence-electron chi connectivity index (χ2n) is 9.15. The third-order valence-corrected chi connectivity index (χ3v) is 6.87. The Bertz CT molecular complexity index is 1340. The molecule has 1 heterocycles. The second-order valence-corrected chi connectivity index (χ2v) is 9.15. The zero-order valence-corrected chi connectivity index (χ0v) is 19.8. The standard InChI is InChI=1S/C30H27NO3/c1-18-14-23(32)15-19(2)27(18)30(28-20(3)16-24(33)17-21(28)4)25-12-8-9-13-26(25)31(29(30)34)22-10-6-5-7-11-22/h5-17,32-33H,1-4H3. The summed E-state index contributed by atoms with van der Waals surface area (Å²) in [5, 5.41) is 20.6. The molecule has 170 valence electrons. The molecule has 0 bridgehead atoms. The van der Waals surface area contributed by atoms with Gasteiger partial charge in [-0.15, -0.1) is 0 Å². The first-order valence-electron chi connectivity index (χ1n) is 11.4. The van der Waals surface area contributed by atoms with Crippen LogP contribution in [0.1, 0.15) is 38.9 Å². The van der Waals surface area contributed by atoms with E-state index in [1.807, 2.05) is 82.3 Å². The summed E-state index contributed by atoms with van der Waals surface area (Å²) in [7, 11) is 0. The second kappa shape index (κ2) is 7.77. The monoisotopic (exact) mass is 449 g/mol. The van der Waals surface area contributed by atoms with Gasteiger partial charge in [-0.05, 0) is 104 Å². The Kier molecular flexibility index (Phi) is 4.98. The van der Waals surface area contributed by atoms with Crippen molar-refractivity contribution in [3.05, 3.63) is 118 Å². The molecule has 4 heteroatoms. The molecule has 0 saturated carbocycles. The van der Waals surface area contributed by atoms with Crippen LogP contribution in [0.4, 0.5) is 11.4 Å². The molecule has 4 nitrogen and oxygen atoms in total. The van der Waals surface area contributed by atoms with E-state index in [-0.39, 0.29) is 17.4 Å². The fraction of sp³-hybridized carbons (Fsp3) is 0.167. The molecular weight excluding hydrogens is 422 g/mol. The fourth-order valence-corrected chi connectivity index (χ4v) is 5.88. The summed E-state index contributed by atoms with van der Waals surface area (Å²) in [5.41, 5.74) is 6.43. The first-order chi connectivity index (χ1) is 16.3. The van der Waals surface area contributed by atoms with Crippen molar-refractivity contribution >= 4 is 17.3 Å². The molecule has 0 atom stereocenters. The fourth-order valence-electron chi connectivity index (χ4n) is 5.88. The van der Waals surface area contributed by atoms with Gasteiger partial charge in [-0.1, -0.05) is 36.4 Å². The molecule has 0 spiro atoms. The minimum Gasteiger partial charge on any atom is -0.508 e. The van der Waals surface area contributed by atoms with Crippen LogP contribution in [-0.4, -0.2) is 16.1 Å². The SMILES string of the molecule is Cc1cc(O)cc(C)c1C1(c2c(C)cc(O)cc2C)C(=O)N(c2ccccc2)c2ccccc21. The highest BCUT2D eigenvalue weighted by Crippen LogP contribution is 2.56. The summed E-state index contributed by atoms with van der Waals surface area (Å²) in [6, 6.07) is 24.5. The number of benzene rings is 4. The molecule has 0 radical (unpaired) electrons. The molecular formula is C30H27NO3. The van der Waals surface area contributed by atoms with Crippen LogP contribution in [0.15, 0.2) is 78.9 Å². The molecule has 0 unspecified atom stereocenters. The minimum atomic E-state index is -1.14. The summed E-state index contributed by atoms with van der Waals surface area (Å²) < 4.78 is 0. The number of fused-ring (bicyclic) bond motifs is 1. The number of anilines is 2. The molecule has 1 aliphatic heterocycles. The van der Waals surface area contributed by atoms with Crippen LogP contribution in [0.25, 0.3) is 0 Å². The molecule has 34 heavy (non-hydrogen) atoms. The van der Waals surface area contributed by atoms with Gasteiger partial charge in [-0.2, -0.15) is 0 Å². The van der Waals surface area contributed by atoms with Crippen molar-refractivity contribution in [3.8, 4) is 11.5 Å².